The Morgan fingerprint density at radius 2 is 2.46 bits per heavy atom. The van der Waals surface area contributed by atoms with Crippen molar-refractivity contribution in [1.82, 2.24) is 25.0 Å². The minimum atomic E-state index is -0.296. The van der Waals surface area contributed by atoms with Gasteiger partial charge in [-0.2, -0.15) is 10.2 Å². The van der Waals surface area contributed by atoms with Crippen LogP contribution < -0.4 is 5.73 Å². The normalized spacial score (nSPS) is 13.1. The third-order valence-electron chi connectivity index (χ3n) is 1.91. The summed E-state index contributed by atoms with van der Waals surface area (Å²) < 4.78 is 1.72. The first-order chi connectivity index (χ1) is 6.29. The summed E-state index contributed by atoms with van der Waals surface area (Å²) in [7, 11) is 1.84. The lowest BCUT2D eigenvalue weighted by Crippen LogP contribution is -2.17. The Balaban J connectivity index is 2.33. The number of hydrogen-bond donors (Lipinski definition) is 2. The summed E-state index contributed by atoms with van der Waals surface area (Å²) in [6.45, 7) is 0. The molecule has 0 saturated heterocycles. The van der Waals surface area contributed by atoms with Gasteiger partial charge in [0, 0.05) is 13.2 Å². The van der Waals surface area contributed by atoms with Crippen molar-refractivity contribution in [1.29, 1.82) is 0 Å². The molecule has 3 N–H and O–H groups in total. The van der Waals surface area contributed by atoms with Crippen LogP contribution in [0.25, 0.3) is 0 Å². The molecule has 0 spiro atoms. The van der Waals surface area contributed by atoms with Gasteiger partial charge in [0.1, 0.15) is 18.2 Å². The quantitative estimate of drug-likeness (QED) is 0.654. The highest BCUT2D eigenvalue weighted by molar-refractivity contribution is 5.14. The van der Waals surface area contributed by atoms with Crippen molar-refractivity contribution in [3.05, 3.63) is 30.1 Å². The Labute approximate surface area is 74.8 Å². The molecular formula is C7H10N6. The number of nitrogens with one attached hydrogen (secondary N) is 1. The minimum absolute atomic E-state index is 0.296. The summed E-state index contributed by atoms with van der Waals surface area (Å²) in [4.78, 5) is 3.98. The van der Waals surface area contributed by atoms with Gasteiger partial charge < -0.3 is 5.73 Å². The number of aromatic nitrogens is 5. The molecule has 0 amide bonds. The van der Waals surface area contributed by atoms with Crippen LogP contribution in [0.1, 0.15) is 17.6 Å². The predicted octanol–water partition coefficient (Wildman–Crippen LogP) is -0.414. The van der Waals surface area contributed by atoms with E-state index >= 15 is 0 Å². The van der Waals surface area contributed by atoms with Gasteiger partial charge in [-0.05, 0) is 6.07 Å². The fourth-order valence-corrected chi connectivity index (χ4v) is 1.19. The van der Waals surface area contributed by atoms with E-state index in [1.165, 1.54) is 6.33 Å². The Kier molecular flexibility index (Phi) is 1.82. The van der Waals surface area contributed by atoms with Crippen molar-refractivity contribution in [3.63, 3.8) is 0 Å². The molecule has 1 unspecified atom stereocenters. The van der Waals surface area contributed by atoms with E-state index in [4.69, 9.17) is 5.73 Å². The summed E-state index contributed by atoms with van der Waals surface area (Å²) in [6.07, 6.45) is 3.14. The summed E-state index contributed by atoms with van der Waals surface area (Å²) in [6, 6.07) is 1.56. The van der Waals surface area contributed by atoms with E-state index in [0.717, 1.165) is 5.69 Å². The van der Waals surface area contributed by atoms with Crippen LogP contribution in [-0.2, 0) is 7.05 Å². The Bertz CT molecular complexity index is 375. The van der Waals surface area contributed by atoms with Crippen molar-refractivity contribution in [2.24, 2.45) is 12.8 Å². The number of nitrogens with two attached hydrogens (primary N) is 1. The second kappa shape index (κ2) is 2.98. The van der Waals surface area contributed by atoms with Crippen LogP contribution in [0.3, 0.4) is 0 Å². The Morgan fingerprint density at radius 3 is 3.00 bits per heavy atom. The molecule has 0 fully saturated rings. The van der Waals surface area contributed by atoms with Gasteiger partial charge >= 0.3 is 0 Å². The van der Waals surface area contributed by atoms with E-state index < -0.39 is 0 Å². The van der Waals surface area contributed by atoms with E-state index in [0.29, 0.717) is 5.82 Å². The number of H-pyrrole nitrogens is 1. The SMILES string of the molecule is Cn1nccc1C(N)c1ncn[nH]1. The van der Waals surface area contributed by atoms with Gasteiger partial charge in [0.15, 0.2) is 0 Å². The number of aromatic amines is 1. The molecule has 1 atom stereocenters. The highest BCUT2D eigenvalue weighted by atomic mass is 15.3. The molecule has 0 aromatic carbocycles. The van der Waals surface area contributed by atoms with Gasteiger partial charge in [-0.15, -0.1) is 0 Å². The van der Waals surface area contributed by atoms with E-state index in [1.54, 1.807) is 10.9 Å². The highest BCUT2D eigenvalue weighted by Gasteiger charge is 2.14. The molecule has 6 nitrogen and oxygen atoms in total. The van der Waals surface area contributed by atoms with E-state index in [2.05, 4.69) is 20.3 Å². The zero-order valence-corrected chi connectivity index (χ0v) is 7.18. The van der Waals surface area contributed by atoms with Crippen LogP contribution in [0.4, 0.5) is 0 Å². The predicted molar refractivity (Wildman–Crippen MR) is 45.6 cm³/mol. The number of aryl methyl sites for hydroxylation is 1. The monoisotopic (exact) mass is 178 g/mol. The maximum Gasteiger partial charge on any atom is 0.147 e. The lowest BCUT2D eigenvalue weighted by atomic mass is 10.2. The van der Waals surface area contributed by atoms with Crippen LogP contribution in [0.5, 0.6) is 0 Å². The summed E-state index contributed by atoms with van der Waals surface area (Å²) >= 11 is 0. The third kappa shape index (κ3) is 1.31. The Hall–Kier alpha value is -1.69. The van der Waals surface area contributed by atoms with Crippen molar-refractivity contribution < 1.29 is 0 Å². The molecular weight excluding hydrogens is 168 g/mol. The lowest BCUT2D eigenvalue weighted by Gasteiger charge is -2.07. The van der Waals surface area contributed by atoms with E-state index in [9.17, 15) is 0 Å². The van der Waals surface area contributed by atoms with Crippen LogP contribution in [0.2, 0.25) is 0 Å². The molecule has 2 heterocycles. The van der Waals surface area contributed by atoms with Crippen molar-refractivity contribution in [2.75, 3.05) is 0 Å². The first-order valence-corrected chi connectivity index (χ1v) is 3.88. The van der Waals surface area contributed by atoms with Crippen molar-refractivity contribution in [3.8, 4) is 0 Å². The molecule has 68 valence electrons. The Morgan fingerprint density at radius 1 is 1.62 bits per heavy atom. The number of hydrogen-bond acceptors (Lipinski definition) is 4. The average Bonchev–Trinajstić information content (AvgIpc) is 2.72. The van der Waals surface area contributed by atoms with Gasteiger partial charge in [0.2, 0.25) is 0 Å². The van der Waals surface area contributed by atoms with Gasteiger partial charge in [0.25, 0.3) is 0 Å². The molecule has 0 aliphatic carbocycles. The molecule has 6 heteroatoms. The van der Waals surface area contributed by atoms with Crippen LogP contribution in [0.15, 0.2) is 18.6 Å². The maximum absolute atomic E-state index is 5.91. The maximum atomic E-state index is 5.91. The second-order valence-corrected chi connectivity index (χ2v) is 2.73. The molecule has 0 aliphatic heterocycles. The molecule has 0 radical (unpaired) electrons. The van der Waals surface area contributed by atoms with Crippen molar-refractivity contribution >= 4 is 0 Å². The van der Waals surface area contributed by atoms with Crippen LogP contribution in [-0.4, -0.2) is 25.0 Å². The molecule has 0 saturated carbocycles. The van der Waals surface area contributed by atoms with Gasteiger partial charge in [0.05, 0.1) is 5.69 Å². The minimum Gasteiger partial charge on any atom is -0.316 e. The van der Waals surface area contributed by atoms with E-state index in [1.807, 2.05) is 13.1 Å². The van der Waals surface area contributed by atoms with Crippen LogP contribution in [0, 0.1) is 0 Å². The first kappa shape index (κ1) is 7.93. The second-order valence-electron chi connectivity index (χ2n) is 2.73. The fourth-order valence-electron chi connectivity index (χ4n) is 1.19. The summed E-state index contributed by atoms with van der Waals surface area (Å²) in [5.41, 5.74) is 6.81. The molecule has 2 aromatic rings. The summed E-state index contributed by atoms with van der Waals surface area (Å²) in [5, 5.41) is 10.5. The highest BCUT2D eigenvalue weighted by Crippen LogP contribution is 2.13. The molecule has 0 bridgehead atoms. The standard InChI is InChI=1S/C7H10N6/c1-13-5(2-3-11-13)6(8)7-9-4-10-12-7/h2-4,6H,8H2,1H3,(H,9,10,12). The van der Waals surface area contributed by atoms with Gasteiger partial charge in [-0.1, -0.05) is 0 Å². The largest absolute Gasteiger partial charge is 0.316 e. The van der Waals surface area contributed by atoms with Crippen molar-refractivity contribution in [2.45, 2.75) is 6.04 Å². The molecule has 13 heavy (non-hydrogen) atoms. The molecule has 2 aromatic heterocycles. The first-order valence-electron chi connectivity index (χ1n) is 3.88. The van der Waals surface area contributed by atoms with E-state index in [-0.39, 0.29) is 6.04 Å². The van der Waals surface area contributed by atoms with Gasteiger partial charge in [-0.3, -0.25) is 9.78 Å². The molecule has 0 aliphatic rings. The lowest BCUT2D eigenvalue weighted by molar-refractivity contribution is 0.653. The topological polar surface area (TPSA) is 85.4 Å². The number of nitrogens with zero attached hydrogens (tertiary/aromatic N) is 4. The summed E-state index contributed by atoms with van der Waals surface area (Å²) in [5.74, 6) is 0.642. The van der Waals surface area contributed by atoms with Crippen LogP contribution >= 0.6 is 0 Å². The smallest absolute Gasteiger partial charge is 0.147 e. The fraction of sp³-hybridized carbons (Fsp3) is 0.286. The van der Waals surface area contributed by atoms with Gasteiger partial charge in [-0.25, -0.2) is 4.98 Å². The zero-order valence-electron chi connectivity index (χ0n) is 7.18. The average molecular weight is 178 g/mol. The number of rotatable bonds is 2. The zero-order chi connectivity index (χ0) is 9.26. The molecule has 2 rings (SSSR count). The third-order valence-corrected chi connectivity index (χ3v) is 1.91.